The Morgan fingerprint density at radius 2 is 1.70 bits per heavy atom. The summed E-state index contributed by atoms with van der Waals surface area (Å²) in [6.07, 6.45) is 8.46. The van der Waals surface area contributed by atoms with Gasteiger partial charge >= 0.3 is 0 Å². The number of nitrogens with one attached hydrogen (secondary N) is 1. The zero-order valence-electron chi connectivity index (χ0n) is 18.3. The van der Waals surface area contributed by atoms with Gasteiger partial charge in [0, 0.05) is 69.6 Å². The van der Waals surface area contributed by atoms with Crippen molar-refractivity contribution in [1.29, 1.82) is 0 Å². The van der Waals surface area contributed by atoms with E-state index in [1.807, 2.05) is 17.0 Å². The number of piperazine rings is 1. The zero-order valence-corrected chi connectivity index (χ0v) is 18.3. The van der Waals surface area contributed by atoms with E-state index in [0.717, 1.165) is 18.4 Å². The Morgan fingerprint density at radius 1 is 0.939 bits per heavy atom. The smallest absolute Gasteiger partial charge is 0.271 e. The molecule has 1 atom stereocenters. The van der Waals surface area contributed by atoms with Crippen LogP contribution in [0.25, 0.3) is 11.3 Å². The van der Waals surface area contributed by atoms with E-state index in [1.165, 1.54) is 0 Å². The molecule has 33 heavy (non-hydrogen) atoms. The first-order valence-corrected chi connectivity index (χ1v) is 11.2. The van der Waals surface area contributed by atoms with Crippen molar-refractivity contribution in [1.82, 2.24) is 34.9 Å². The fourth-order valence-electron chi connectivity index (χ4n) is 4.47. The molecule has 0 saturated carbocycles. The van der Waals surface area contributed by atoms with Crippen LogP contribution >= 0.6 is 0 Å². The third-order valence-electron chi connectivity index (χ3n) is 6.27. The van der Waals surface area contributed by atoms with Crippen molar-refractivity contribution in [3.63, 3.8) is 0 Å². The summed E-state index contributed by atoms with van der Waals surface area (Å²) >= 11 is 0. The highest BCUT2D eigenvalue weighted by molar-refractivity contribution is 5.94. The lowest BCUT2D eigenvalue weighted by atomic mass is 9.96. The molecule has 0 spiro atoms. The molecule has 1 N–H and O–H groups in total. The normalized spacial score (nSPS) is 18.9. The van der Waals surface area contributed by atoms with E-state index < -0.39 is 0 Å². The Kier molecular flexibility index (Phi) is 5.97. The van der Waals surface area contributed by atoms with E-state index in [-0.39, 0.29) is 17.7 Å². The van der Waals surface area contributed by atoms with Gasteiger partial charge < -0.3 is 14.7 Å². The number of carbonyl (C=O) groups excluding carboxylic acids is 2. The van der Waals surface area contributed by atoms with Crippen LogP contribution in [-0.2, 0) is 4.79 Å². The van der Waals surface area contributed by atoms with Crippen molar-refractivity contribution in [3.05, 3.63) is 54.7 Å². The van der Waals surface area contributed by atoms with Gasteiger partial charge in [0.25, 0.3) is 5.91 Å². The summed E-state index contributed by atoms with van der Waals surface area (Å²) in [6.45, 7) is 3.76. The van der Waals surface area contributed by atoms with Gasteiger partial charge in [-0.3, -0.25) is 19.7 Å². The number of H-pyrrole nitrogens is 1. The number of hydrogen-bond acceptors (Lipinski definition) is 7. The van der Waals surface area contributed by atoms with Gasteiger partial charge in [0.1, 0.15) is 5.69 Å². The Morgan fingerprint density at radius 3 is 2.45 bits per heavy atom. The van der Waals surface area contributed by atoms with Crippen LogP contribution in [0.4, 0.5) is 5.95 Å². The molecule has 10 heteroatoms. The van der Waals surface area contributed by atoms with Crippen LogP contribution in [0.1, 0.15) is 23.3 Å². The number of carbonyl (C=O) groups is 2. The first-order valence-electron chi connectivity index (χ1n) is 11.2. The van der Waals surface area contributed by atoms with E-state index in [1.54, 1.807) is 41.8 Å². The first kappa shape index (κ1) is 21.0. The Hall–Kier alpha value is -3.82. The summed E-state index contributed by atoms with van der Waals surface area (Å²) in [4.78, 5) is 44.7. The molecule has 2 saturated heterocycles. The molecule has 5 heterocycles. The predicted molar refractivity (Wildman–Crippen MR) is 121 cm³/mol. The molecule has 3 aromatic rings. The van der Waals surface area contributed by atoms with Crippen molar-refractivity contribution in [3.8, 4) is 11.3 Å². The molecule has 0 aromatic carbocycles. The predicted octanol–water partition coefficient (Wildman–Crippen LogP) is 1.46. The summed E-state index contributed by atoms with van der Waals surface area (Å²) in [6, 6.07) is 7.25. The fraction of sp³-hybridized carbons (Fsp3) is 0.391. The van der Waals surface area contributed by atoms with Crippen LogP contribution in [0.15, 0.2) is 49.1 Å². The lowest BCUT2D eigenvalue weighted by Crippen LogP contribution is -2.53. The Bertz CT molecular complexity index is 1100. The molecular weight excluding hydrogens is 420 g/mol. The second-order valence-corrected chi connectivity index (χ2v) is 8.35. The number of hydrogen-bond donors (Lipinski definition) is 1. The minimum atomic E-state index is -0.176. The molecule has 0 radical (unpaired) electrons. The molecule has 2 fully saturated rings. The number of anilines is 1. The topological polar surface area (TPSA) is 111 Å². The van der Waals surface area contributed by atoms with Crippen molar-refractivity contribution in [2.24, 2.45) is 5.92 Å². The Labute approximate surface area is 191 Å². The number of nitrogens with zero attached hydrogens (tertiary/aromatic N) is 7. The van der Waals surface area contributed by atoms with E-state index in [2.05, 4.69) is 30.0 Å². The molecule has 0 bridgehead atoms. The number of piperidine rings is 1. The van der Waals surface area contributed by atoms with Gasteiger partial charge in [-0.2, -0.15) is 5.10 Å². The van der Waals surface area contributed by atoms with Gasteiger partial charge in [0.15, 0.2) is 0 Å². The summed E-state index contributed by atoms with van der Waals surface area (Å²) in [5, 5.41) is 7.13. The second kappa shape index (κ2) is 9.35. The molecule has 10 nitrogen and oxygen atoms in total. The van der Waals surface area contributed by atoms with Gasteiger partial charge in [-0.15, -0.1) is 0 Å². The third kappa shape index (κ3) is 4.55. The van der Waals surface area contributed by atoms with E-state index in [9.17, 15) is 9.59 Å². The maximum Gasteiger partial charge on any atom is 0.271 e. The molecule has 2 aliphatic heterocycles. The van der Waals surface area contributed by atoms with E-state index >= 15 is 0 Å². The van der Waals surface area contributed by atoms with Crippen LogP contribution in [-0.4, -0.2) is 86.0 Å². The van der Waals surface area contributed by atoms with Crippen LogP contribution in [0.3, 0.4) is 0 Å². The highest BCUT2D eigenvalue weighted by Crippen LogP contribution is 2.23. The molecule has 2 amide bonds. The molecule has 170 valence electrons. The zero-order chi connectivity index (χ0) is 22.6. The minimum Gasteiger partial charge on any atom is -0.339 e. The largest absolute Gasteiger partial charge is 0.339 e. The molecular formula is C23H26N8O2. The van der Waals surface area contributed by atoms with E-state index in [0.29, 0.717) is 56.6 Å². The molecule has 5 rings (SSSR count). The SMILES string of the molecule is O=C(c1cc(-c2ccncc2)n[nH]1)N1CCC[C@@H](C(=O)N2CCN(c3ncccn3)CC2)C1. The maximum atomic E-state index is 13.2. The van der Waals surface area contributed by atoms with Crippen molar-refractivity contribution < 1.29 is 9.59 Å². The summed E-state index contributed by atoms with van der Waals surface area (Å²) in [7, 11) is 0. The average Bonchev–Trinajstić information content (AvgIpc) is 3.39. The van der Waals surface area contributed by atoms with E-state index in [4.69, 9.17) is 0 Å². The maximum absolute atomic E-state index is 13.2. The fourth-order valence-corrected chi connectivity index (χ4v) is 4.47. The number of amides is 2. The van der Waals surface area contributed by atoms with Gasteiger partial charge in [-0.1, -0.05) is 0 Å². The standard InChI is InChI=1S/C23H26N8O2/c32-21(29-11-13-30(14-12-29)23-25-6-2-7-26-23)18-3-1-10-31(16-18)22(33)20-15-19(27-28-20)17-4-8-24-9-5-17/h2,4-9,15,18H,1,3,10-14,16H2,(H,27,28)/t18-/m1/s1. The first-order chi connectivity index (χ1) is 16.2. The molecule has 2 aliphatic rings. The van der Waals surface area contributed by atoms with Crippen molar-refractivity contribution in [2.75, 3.05) is 44.2 Å². The number of pyridine rings is 1. The van der Waals surface area contributed by atoms with Gasteiger partial charge in [-0.05, 0) is 37.1 Å². The monoisotopic (exact) mass is 446 g/mol. The minimum absolute atomic E-state index is 0.119. The van der Waals surface area contributed by atoms with Crippen molar-refractivity contribution in [2.45, 2.75) is 12.8 Å². The van der Waals surface area contributed by atoms with Crippen LogP contribution in [0.5, 0.6) is 0 Å². The van der Waals surface area contributed by atoms with Gasteiger partial charge in [-0.25, -0.2) is 9.97 Å². The van der Waals surface area contributed by atoms with Crippen molar-refractivity contribution >= 4 is 17.8 Å². The molecule has 0 unspecified atom stereocenters. The Balaban J connectivity index is 1.19. The third-order valence-corrected chi connectivity index (χ3v) is 6.27. The second-order valence-electron chi connectivity index (χ2n) is 8.35. The molecule has 3 aromatic heterocycles. The van der Waals surface area contributed by atoms with Gasteiger partial charge in [0.2, 0.25) is 11.9 Å². The summed E-state index contributed by atoms with van der Waals surface area (Å²) in [5.41, 5.74) is 2.03. The number of aromatic amines is 1. The quantitative estimate of drug-likeness (QED) is 0.646. The van der Waals surface area contributed by atoms with Crippen LogP contribution < -0.4 is 4.90 Å². The number of rotatable bonds is 4. The summed E-state index contributed by atoms with van der Waals surface area (Å²) < 4.78 is 0. The average molecular weight is 447 g/mol. The highest BCUT2D eigenvalue weighted by Gasteiger charge is 2.33. The summed E-state index contributed by atoms with van der Waals surface area (Å²) in [5.74, 6) is 0.532. The molecule has 0 aliphatic carbocycles. The van der Waals surface area contributed by atoms with Crippen LogP contribution in [0, 0.1) is 5.92 Å². The number of aromatic nitrogens is 5. The lowest BCUT2D eigenvalue weighted by Gasteiger charge is -2.38. The highest BCUT2D eigenvalue weighted by atomic mass is 16.2. The van der Waals surface area contributed by atoms with Gasteiger partial charge in [0.05, 0.1) is 11.6 Å². The lowest BCUT2D eigenvalue weighted by molar-refractivity contribution is -0.137. The number of likely N-dealkylation sites (tertiary alicyclic amines) is 1. The van der Waals surface area contributed by atoms with Crippen LogP contribution in [0.2, 0.25) is 0 Å².